The standard InChI is InChI=1S/C13H15BrClN3/c1-3-18-11(6-9(2)17-18)8-16-13-5-4-10(15)7-12(13)14/h4-7,16H,3,8H2,1-2H3. The first-order valence-corrected chi connectivity index (χ1v) is 6.99. The van der Waals surface area contributed by atoms with Gasteiger partial charge in [0.2, 0.25) is 0 Å². The first-order chi connectivity index (χ1) is 8.60. The number of hydrogen-bond acceptors (Lipinski definition) is 2. The molecule has 1 aromatic heterocycles. The summed E-state index contributed by atoms with van der Waals surface area (Å²) in [6.45, 7) is 5.73. The predicted molar refractivity (Wildman–Crippen MR) is 79.1 cm³/mol. The molecule has 1 aromatic carbocycles. The number of rotatable bonds is 4. The summed E-state index contributed by atoms with van der Waals surface area (Å²) in [5, 5.41) is 8.52. The lowest BCUT2D eigenvalue weighted by molar-refractivity contribution is 0.623. The van der Waals surface area contributed by atoms with Gasteiger partial charge in [-0.2, -0.15) is 5.10 Å². The number of aryl methyl sites for hydroxylation is 2. The third kappa shape index (κ3) is 3.06. The van der Waals surface area contributed by atoms with Gasteiger partial charge in [-0.05, 0) is 54.0 Å². The second-order valence-electron chi connectivity index (χ2n) is 4.07. The first-order valence-electron chi connectivity index (χ1n) is 5.82. The second kappa shape index (κ2) is 5.76. The molecule has 5 heteroatoms. The summed E-state index contributed by atoms with van der Waals surface area (Å²) in [6.07, 6.45) is 0. The van der Waals surface area contributed by atoms with E-state index in [4.69, 9.17) is 11.6 Å². The van der Waals surface area contributed by atoms with Crippen LogP contribution in [-0.2, 0) is 13.1 Å². The van der Waals surface area contributed by atoms with Crippen LogP contribution in [0, 0.1) is 6.92 Å². The van der Waals surface area contributed by atoms with Crippen LogP contribution in [0.15, 0.2) is 28.7 Å². The quantitative estimate of drug-likeness (QED) is 0.910. The monoisotopic (exact) mass is 327 g/mol. The van der Waals surface area contributed by atoms with Gasteiger partial charge in [0.1, 0.15) is 0 Å². The van der Waals surface area contributed by atoms with E-state index in [0.29, 0.717) is 0 Å². The molecule has 0 saturated heterocycles. The van der Waals surface area contributed by atoms with Gasteiger partial charge in [-0.1, -0.05) is 11.6 Å². The van der Waals surface area contributed by atoms with Crippen molar-refractivity contribution in [1.82, 2.24) is 9.78 Å². The molecule has 0 unspecified atom stereocenters. The predicted octanol–water partition coefficient (Wildman–Crippen LogP) is 4.24. The van der Waals surface area contributed by atoms with Crippen LogP contribution in [0.4, 0.5) is 5.69 Å². The lowest BCUT2D eigenvalue weighted by atomic mass is 10.3. The van der Waals surface area contributed by atoms with E-state index in [1.54, 1.807) is 0 Å². The van der Waals surface area contributed by atoms with Crippen molar-refractivity contribution in [2.45, 2.75) is 26.9 Å². The molecule has 96 valence electrons. The zero-order valence-electron chi connectivity index (χ0n) is 10.4. The van der Waals surface area contributed by atoms with Crippen molar-refractivity contribution < 1.29 is 0 Å². The van der Waals surface area contributed by atoms with Crippen molar-refractivity contribution in [3.05, 3.63) is 45.1 Å². The highest BCUT2D eigenvalue weighted by molar-refractivity contribution is 9.10. The zero-order chi connectivity index (χ0) is 13.1. The number of anilines is 1. The molecule has 0 aliphatic rings. The average Bonchev–Trinajstić information content (AvgIpc) is 2.68. The summed E-state index contributed by atoms with van der Waals surface area (Å²) in [5.41, 5.74) is 3.25. The van der Waals surface area contributed by atoms with Crippen LogP contribution in [0.2, 0.25) is 5.02 Å². The molecule has 0 amide bonds. The van der Waals surface area contributed by atoms with E-state index in [9.17, 15) is 0 Å². The summed E-state index contributed by atoms with van der Waals surface area (Å²) < 4.78 is 2.97. The highest BCUT2D eigenvalue weighted by Gasteiger charge is 2.05. The van der Waals surface area contributed by atoms with Gasteiger partial charge in [0.25, 0.3) is 0 Å². The molecule has 0 radical (unpaired) electrons. The van der Waals surface area contributed by atoms with Crippen molar-refractivity contribution in [3.63, 3.8) is 0 Å². The minimum atomic E-state index is 0.724. The van der Waals surface area contributed by atoms with Gasteiger partial charge in [0.15, 0.2) is 0 Å². The maximum Gasteiger partial charge on any atom is 0.0597 e. The maximum absolute atomic E-state index is 5.91. The molecule has 2 rings (SSSR count). The molecule has 1 heterocycles. The van der Waals surface area contributed by atoms with Gasteiger partial charge in [0.05, 0.1) is 17.9 Å². The number of aromatic nitrogens is 2. The van der Waals surface area contributed by atoms with E-state index >= 15 is 0 Å². The second-order valence-corrected chi connectivity index (χ2v) is 5.36. The molecule has 0 bridgehead atoms. The number of nitrogens with zero attached hydrogens (tertiary/aromatic N) is 2. The Bertz CT molecular complexity index is 551. The summed E-state index contributed by atoms with van der Waals surface area (Å²) in [6, 6.07) is 7.82. The normalized spacial score (nSPS) is 10.7. The highest BCUT2D eigenvalue weighted by Crippen LogP contribution is 2.26. The Balaban J connectivity index is 2.11. The van der Waals surface area contributed by atoms with Crippen molar-refractivity contribution in [3.8, 4) is 0 Å². The molecule has 0 fully saturated rings. The smallest absolute Gasteiger partial charge is 0.0597 e. The van der Waals surface area contributed by atoms with Crippen LogP contribution in [0.1, 0.15) is 18.3 Å². The van der Waals surface area contributed by atoms with Crippen LogP contribution in [0.5, 0.6) is 0 Å². The van der Waals surface area contributed by atoms with E-state index in [-0.39, 0.29) is 0 Å². The van der Waals surface area contributed by atoms with Crippen molar-refractivity contribution in [2.75, 3.05) is 5.32 Å². The SMILES string of the molecule is CCn1nc(C)cc1CNc1ccc(Cl)cc1Br. The molecule has 0 aliphatic carbocycles. The van der Waals surface area contributed by atoms with Crippen LogP contribution < -0.4 is 5.32 Å². The molecule has 0 spiro atoms. The highest BCUT2D eigenvalue weighted by atomic mass is 79.9. The van der Waals surface area contributed by atoms with Gasteiger partial charge in [-0.15, -0.1) is 0 Å². The van der Waals surface area contributed by atoms with Crippen LogP contribution in [0.25, 0.3) is 0 Å². The van der Waals surface area contributed by atoms with Gasteiger partial charge < -0.3 is 5.32 Å². The van der Waals surface area contributed by atoms with E-state index in [1.165, 1.54) is 5.69 Å². The van der Waals surface area contributed by atoms with Gasteiger partial charge in [-0.25, -0.2) is 0 Å². The molecule has 0 aliphatic heterocycles. The molecule has 3 nitrogen and oxygen atoms in total. The average molecular weight is 329 g/mol. The third-order valence-corrected chi connectivity index (χ3v) is 3.57. The first kappa shape index (κ1) is 13.4. The zero-order valence-corrected chi connectivity index (χ0v) is 12.7. The number of benzene rings is 1. The number of halogens is 2. The van der Waals surface area contributed by atoms with Crippen LogP contribution >= 0.6 is 27.5 Å². The molecule has 18 heavy (non-hydrogen) atoms. The van der Waals surface area contributed by atoms with E-state index in [0.717, 1.165) is 34.0 Å². The van der Waals surface area contributed by atoms with Crippen LogP contribution in [-0.4, -0.2) is 9.78 Å². The minimum absolute atomic E-state index is 0.724. The number of nitrogens with one attached hydrogen (secondary N) is 1. The Hall–Kier alpha value is -1.000. The fourth-order valence-electron chi connectivity index (χ4n) is 1.83. The Morgan fingerprint density at radius 3 is 2.83 bits per heavy atom. The van der Waals surface area contributed by atoms with Crippen molar-refractivity contribution in [2.24, 2.45) is 0 Å². The van der Waals surface area contributed by atoms with Gasteiger partial charge in [0, 0.05) is 21.7 Å². The molecule has 0 atom stereocenters. The Morgan fingerprint density at radius 1 is 1.39 bits per heavy atom. The Labute approximate surface area is 120 Å². The van der Waals surface area contributed by atoms with Gasteiger partial charge in [-0.3, -0.25) is 4.68 Å². The molecular weight excluding hydrogens is 314 g/mol. The summed E-state index contributed by atoms with van der Waals surface area (Å²) in [4.78, 5) is 0. The van der Waals surface area contributed by atoms with E-state index < -0.39 is 0 Å². The molecule has 0 saturated carbocycles. The maximum atomic E-state index is 5.91. The molecular formula is C13H15BrClN3. The minimum Gasteiger partial charge on any atom is -0.378 e. The summed E-state index contributed by atoms with van der Waals surface area (Å²) in [5.74, 6) is 0. The molecule has 1 N–H and O–H groups in total. The number of hydrogen-bond donors (Lipinski definition) is 1. The summed E-state index contributed by atoms with van der Waals surface area (Å²) >= 11 is 9.41. The fourth-order valence-corrected chi connectivity index (χ4v) is 2.66. The van der Waals surface area contributed by atoms with Crippen molar-refractivity contribution >= 4 is 33.2 Å². The summed E-state index contributed by atoms with van der Waals surface area (Å²) in [7, 11) is 0. The Morgan fingerprint density at radius 2 is 2.17 bits per heavy atom. The third-order valence-electron chi connectivity index (χ3n) is 2.68. The van der Waals surface area contributed by atoms with Crippen LogP contribution in [0.3, 0.4) is 0 Å². The van der Waals surface area contributed by atoms with Crippen molar-refractivity contribution in [1.29, 1.82) is 0 Å². The lowest BCUT2D eigenvalue weighted by Crippen LogP contribution is -2.08. The largest absolute Gasteiger partial charge is 0.378 e. The Kier molecular flexibility index (Phi) is 4.30. The topological polar surface area (TPSA) is 29.9 Å². The lowest BCUT2D eigenvalue weighted by Gasteiger charge is -2.09. The molecule has 2 aromatic rings. The van der Waals surface area contributed by atoms with Gasteiger partial charge >= 0.3 is 0 Å². The van der Waals surface area contributed by atoms with E-state index in [2.05, 4.69) is 39.3 Å². The van der Waals surface area contributed by atoms with E-state index in [1.807, 2.05) is 29.8 Å². The fraction of sp³-hybridized carbons (Fsp3) is 0.308.